The van der Waals surface area contributed by atoms with Crippen LogP contribution in [0.15, 0.2) is 42.5 Å². The van der Waals surface area contributed by atoms with Crippen LogP contribution in [0.25, 0.3) is 0 Å². The molecule has 0 aliphatic heterocycles. The van der Waals surface area contributed by atoms with E-state index in [0.717, 1.165) is 16.7 Å². The molecule has 3 rings (SSSR count). The largest absolute Gasteiger partial charge is 0.390 e. The second-order valence-electron chi connectivity index (χ2n) is 5.36. The minimum Gasteiger partial charge on any atom is -0.390 e. The lowest BCUT2D eigenvalue weighted by atomic mass is 10.1. The van der Waals surface area contributed by atoms with Gasteiger partial charge in [-0.2, -0.15) is 0 Å². The number of hydrogen-bond acceptors (Lipinski definition) is 2. The molecule has 2 aromatic rings. The molecule has 0 saturated heterocycles. The molecule has 1 aliphatic carbocycles. The van der Waals surface area contributed by atoms with Crippen LogP contribution in [-0.2, 0) is 6.42 Å². The molecule has 0 saturated carbocycles. The van der Waals surface area contributed by atoms with Gasteiger partial charge in [0.1, 0.15) is 0 Å². The number of nitrogens with one attached hydrogen (secondary N) is 1. The van der Waals surface area contributed by atoms with Gasteiger partial charge in [0.2, 0.25) is 0 Å². The fraction of sp³-hybridized carbons (Fsp3) is 0.235. The first-order valence-electron chi connectivity index (χ1n) is 6.90. The van der Waals surface area contributed by atoms with Crippen molar-refractivity contribution in [2.45, 2.75) is 25.5 Å². The van der Waals surface area contributed by atoms with Gasteiger partial charge in [0.25, 0.3) is 5.91 Å². The molecule has 0 fully saturated rings. The molecule has 0 spiro atoms. The van der Waals surface area contributed by atoms with Crippen LogP contribution in [0.4, 0.5) is 0 Å². The van der Waals surface area contributed by atoms with E-state index in [9.17, 15) is 9.90 Å². The molecule has 2 unspecified atom stereocenters. The van der Waals surface area contributed by atoms with Crippen molar-refractivity contribution in [1.29, 1.82) is 0 Å². The zero-order valence-electron chi connectivity index (χ0n) is 11.6. The molecule has 21 heavy (non-hydrogen) atoms. The number of benzene rings is 2. The van der Waals surface area contributed by atoms with Gasteiger partial charge in [0.15, 0.2) is 0 Å². The Morgan fingerprint density at radius 2 is 2.00 bits per heavy atom. The van der Waals surface area contributed by atoms with Crippen LogP contribution < -0.4 is 5.32 Å². The molecule has 3 nitrogen and oxygen atoms in total. The maximum Gasteiger partial charge on any atom is 0.253 e. The summed E-state index contributed by atoms with van der Waals surface area (Å²) < 4.78 is 0. The van der Waals surface area contributed by atoms with Crippen molar-refractivity contribution in [2.75, 3.05) is 0 Å². The molecule has 1 amide bonds. The summed E-state index contributed by atoms with van der Waals surface area (Å²) in [6.07, 6.45) is -0.0437. The molecule has 2 N–H and O–H groups in total. The van der Waals surface area contributed by atoms with E-state index in [-0.39, 0.29) is 11.9 Å². The molecule has 0 aromatic heterocycles. The topological polar surface area (TPSA) is 49.3 Å². The first-order chi connectivity index (χ1) is 10.1. The van der Waals surface area contributed by atoms with Crippen molar-refractivity contribution in [3.63, 3.8) is 0 Å². The highest BCUT2D eigenvalue weighted by Crippen LogP contribution is 2.32. The average Bonchev–Trinajstić information content (AvgIpc) is 2.78. The number of amides is 1. The molecule has 0 bridgehead atoms. The van der Waals surface area contributed by atoms with Crippen molar-refractivity contribution >= 4 is 17.5 Å². The number of aliphatic hydroxyl groups excluding tert-OH is 1. The van der Waals surface area contributed by atoms with Crippen LogP contribution in [0.2, 0.25) is 5.02 Å². The summed E-state index contributed by atoms with van der Waals surface area (Å²) in [7, 11) is 0. The normalized spacial score (nSPS) is 20.1. The monoisotopic (exact) mass is 301 g/mol. The van der Waals surface area contributed by atoms with Crippen molar-refractivity contribution < 1.29 is 9.90 Å². The third-order valence-corrected chi connectivity index (χ3v) is 4.43. The van der Waals surface area contributed by atoms with Crippen LogP contribution >= 0.6 is 11.6 Å². The summed E-state index contributed by atoms with van der Waals surface area (Å²) in [6.45, 7) is 1.86. The van der Waals surface area contributed by atoms with E-state index >= 15 is 0 Å². The quantitative estimate of drug-likeness (QED) is 0.896. The Labute approximate surface area is 128 Å². The summed E-state index contributed by atoms with van der Waals surface area (Å²) >= 11 is 6.19. The number of aryl methyl sites for hydroxylation is 1. The Kier molecular flexibility index (Phi) is 3.70. The lowest BCUT2D eigenvalue weighted by molar-refractivity contribution is 0.0858. The van der Waals surface area contributed by atoms with Crippen LogP contribution in [-0.4, -0.2) is 17.1 Å². The number of fused-ring (bicyclic) bond motifs is 1. The van der Waals surface area contributed by atoms with Crippen molar-refractivity contribution in [2.24, 2.45) is 0 Å². The Morgan fingerprint density at radius 1 is 1.24 bits per heavy atom. The summed E-state index contributed by atoms with van der Waals surface area (Å²) in [5.74, 6) is -0.260. The van der Waals surface area contributed by atoms with Crippen molar-refractivity contribution in [3.05, 3.63) is 69.7 Å². The number of carbonyl (C=O) groups is 1. The van der Waals surface area contributed by atoms with Gasteiger partial charge in [0.05, 0.1) is 22.7 Å². The van der Waals surface area contributed by atoms with E-state index in [0.29, 0.717) is 17.0 Å². The number of halogens is 1. The maximum absolute atomic E-state index is 12.4. The Hall–Kier alpha value is -1.84. The highest BCUT2D eigenvalue weighted by Gasteiger charge is 2.32. The Balaban J connectivity index is 1.87. The lowest BCUT2D eigenvalue weighted by Gasteiger charge is -2.18. The standard InChI is InChI=1S/C17H16ClNO2/c1-10-5-4-8-13(15(10)18)17(21)19-16-12-7-3-2-6-11(12)9-14(16)20/h2-8,14,16,20H,9H2,1H3,(H,19,21). The highest BCUT2D eigenvalue weighted by molar-refractivity contribution is 6.34. The van der Waals surface area contributed by atoms with Crippen molar-refractivity contribution in [3.8, 4) is 0 Å². The average molecular weight is 302 g/mol. The summed E-state index contributed by atoms with van der Waals surface area (Å²) in [5, 5.41) is 13.5. The molecule has 4 heteroatoms. The molecule has 2 aromatic carbocycles. The maximum atomic E-state index is 12.4. The summed E-state index contributed by atoms with van der Waals surface area (Å²) in [4.78, 5) is 12.4. The van der Waals surface area contributed by atoms with E-state index in [1.54, 1.807) is 12.1 Å². The molecule has 0 heterocycles. The zero-order chi connectivity index (χ0) is 15.0. The van der Waals surface area contributed by atoms with Gasteiger partial charge in [-0.1, -0.05) is 48.0 Å². The SMILES string of the molecule is Cc1cccc(C(=O)NC2c3ccccc3CC2O)c1Cl. The first-order valence-corrected chi connectivity index (χ1v) is 7.27. The van der Waals surface area contributed by atoms with Crippen LogP contribution in [0, 0.1) is 6.92 Å². The van der Waals surface area contributed by atoms with Crippen LogP contribution in [0.5, 0.6) is 0 Å². The van der Waals surface area contributed by atoms with Gasteiger partial charge in [-0.3, -0.25) is 4.79 Å². The fourth-order valence-electron chi connectivity index (χ4n) is 2.79. The molecule has 1 aliphatic rings. The molecule has 108 valence electrons. The number of rotatable bonds is 2. The van der Waals surface area contributed by atoms with Gasteiger partial charge in [-0.25, -0.2) is 0 Å². The number of carbonyl (C=O) groups excluding carboxylic acids is 1. The zero-order valence-corrected chi connectivity index (χ0v) is 12.4. The Morgan fingerprint density at radius 3 is 2.81 bits per heavy atom. The number of hydrogen-bond donors (Lipinski definition) is 2. The summed E-state index contributed by atoms with van der Waals surface area (Å²) in [5.41, 5.74) is 3.35. The second kappa shape index (κ2) is 5.51. The van der Waals surface area contributed by atoms with Gasteiger partial charge in [-0.05, 0) is 29.7 Å². The Bertz CT molecular complexity index is 699. The van der Waals surface area contributed by atoms with E-state index in [2.05, 4.69) is 5.32 Å². The van der Waals surface area contributed by atoms with Gasteiger partial charge in [-0.15, -0.1) is 0 Å². The molecule has 0 radical (unpaired) electrons. The van der Waals surface area contributed by atoms with Crippen molar-refractivity contribution in [1.82, 2.24) is 5.32 Å². The molecule has 2 atom stereocenters. The van der Waals surface area contributed by atoms with Gasteiger partial charge in [0, 0.05) is 6.42 Å². The molecular formula is C17H16ClNO2. The second-order valence-corrected chi connectivity index (χ2v) is 5.74. The van der Waals surface area contributed by atoms with Gasteiger partial charge >= 0.3 is 0 Å². The predicted molar refractivity (Wildman–Crippen MR) is 82.5 cm³/mol. The smallest absolute Gasteiger partial charge is 0.253 e. The van der Waals surface area contributed by atoms with Crippen LogP contribution in [0.3, 0.4) is 0 Å². The fourth-order valence-corrected chi connectivity index (χ4v) is 3.00. The number of aliphatic hydroxyl groups is 1. The minimum absolute atomic E-state index is 0.260. The minimum atomic E-state index is -0.602. The first kappa shape index (κ1) is 14.1. The van der Waals surface area contributed by atoms with E-state index < -0.39 is 6.10 Å². The predicted octanol–water partition coefficient (Wildman–Crippen LogP) is 3.04. The van der Waals surface area contributed by atoms with Gasteiger partial charge < -0.3 is 10.4 Å². The lowest BCUT2D eigenvalue weighted by Crippen LogP contribution is -2.34. The summed E-state index contributed by atoms with van der Waals surface area (Å²) in [6, 6.07) is 12.7. The van der Waals surface area contributed by atoms with E-state index in [4.69, 9.17) is 11.6 Å². The highest BCUT2D eigenvalue weighted by atomic mass is 35.5. The third-order valence-electron chi connectivity index (χ3n) is 3.93. The van der Waals surface area contributed by atoms with Crippen LogP contribution in [0.1, 0.15) is 33.1 Å². The third kappa shape index (κ3) is 2.55. The van der Waals surface area contributed by atoms with E-state index in [1.165, 1.54) is 0 Å². The van der Waals surface area contributed by atoms with E-state index in [1.807, 2.05) is 37.3 Å². The molecular weight excluding hydrogens is 286 g/mol.